The third kappa shape index (κ3) is 3.35. The summed E-state index contributed by atoms with van der Waals surface area (Å²) in [6.45, 7) is 6.18. The maximum Gasteiger partial charge on any atom is 0.172 e. The molecule has 0 radical (unpaired) electrons. The van der Waals surface area contributed by atoms with Crippen molar-refractivity contribution in [2.24, 2.45) is 0 Å². The van der Waals surface area contributed by atoms with Crippen molar-refractivity contribution in [3.05, 3.63) is 0 Å². The Morgan fingerprint density at radius 2 is 2.31 bits per heavy atom. The molecule has 3 nitrogen and oxygen atoms in total. The van der Waals surface area contributed by atoms with E-state index in [0.717, 1.165) is 13.1 Å². The van der Waals surface area contributed by atoms with Crippen molar-refractivity contribution >= 4 is 0 Å². The highest BCUT2D eigenvalue weighted by Crippen LogP contribution is 2.14. The first-order chi connectivity index (χ1) is 6.03. The molecule has 74 valence electrons. The van der Waals surface area contributed by atoms with Crippen molar-refractivity contribution in [1.29, 1.82) is 0 Å². The van der Waals surface area contributed by atoms with Gasteiger partial charge in [0.1, 0.15) is 5.60 Å². The van der Waals surface area contributed by atoms with Gasteiger partial charge in [-0.2, -0.15) is 0 Å². The Morgan fingerprint density at radius 3 is 2.85 bits per heavy atom. The summed E-state index contributed by atoms with van der Waals surface area (Å²) in [4.78, 5) is 2.17. The maximum absolute atomic E-state index is 5.60. The van der Waals surface area contributed by atoms with Crippen molar-refractivity contribution in [3.63, 3.8) is 0 Å². The van der Waals surface area contributed by atoms with Crippen LogP contribution in [0.25, 0.3) is 0 Å². The van der Waals surface area contributed by atoms with Crippen LogP contribution in [-0.4, -0.2) is 43.5 Å². The molecule has 1 unspecified atom stereocenters. The quantitative estimate of drug-likeness (QED) is 0.588. The van der Waals surface area contributed by atoms with E-state index in [1.54, 1.807) is 0 Å². The molecule has 0 aromatic heterocycles. The van der Waals surface area contributed by atoms with Gasteiger partial charge >= 0.3 is 0 Å². The van der Waals surface area contributed by atoms with Gasteiger partial charge in [0.15, 0.2) is 6.29 Å². The summed E-state index contributed by atoms with van der Waals surface area (Å²) in [6, 6.07) is 0. The molecule has 0 aromatic carbocycles. The summed E-state index contributed by atoms with van der Waals surface area (Å²) in [6.07, 6.45) is 5.12. The average Bonchev–Trinajstić information content (AvgIpc) is 2.03. The fourth-order valence-corrected chi connectivity index (χ4v) is 1.17. The minimum Gasteiger partial charge on any atom is -0.350 e. The predicted octanol–water partition coefficient (Wildman–Crippen LogP) is 0.703. The summed E-state index contributed by atoms with van der Waals surface area (Å²) in [7, 11) is 2.04. The van der Waals surface area contributed by atoms with E-state index in [9.17, 15) is 0 Å². The molecule has 1 fully saturated rings. The maximum atomic E-state index is 5.60. The van der Waals surface area contributed by atoms with Crippen LogP contribution in [0.4, 0.5) is 0 Å². The Hall–Kier alpha value is -0.560. The van der Waals surface area contributed by atoms with Gasteiger partial charge in [-0.15, -0.1) is 6.42 Å². The van der Waals surface area contributed by atoms with Gasteiger partial charge in [0.2, 0.25) is 0 Å². The van der Waals surface area contributed by atoms with E-state index >= 15 is 0 Å². The fourth-order valence-electron chi connectivity index (χ4n) is 1.17. The average molecular weight is 183 g/mol. The normalized spacial score (nSPS) is 25.5. The number of hydrogen-bond acceptors (Lipinski definition) is 3. The van der Waals surface area contributed by atoms with Crippen LogP contribution in [0.1, 0.15) is 13.8 Å². The van der Waals surface area contributed by atoms with Crippen LogP contribution >= 0.6 is 0 Å². The Morgan fingerprint density at radius 1 is 1.62 bits per heavy atom. The second kappa shape index (κ2) is 4.10. The molecular weight excluding hydrogens is 166 g/mol. The summed E-state index contributed by atoms with van der Waals surface area (Å²) < 4.78 is 11.0. The molecule has 1 heterocycles. The van der Waals surface area contributed by atoms with Crippen LogP contribution in [0.5, 0.6) is 0 Å². The lowest BCUT2D eigenvalue weighted by Gasteiger charge is -2.33. The lowest BCUT2D eigenvalue weighted by Crippen LogP contribution is -2.44. The molecule has 1 aliphatic rings. The molecule has 1 aliphatic heterocycles. The largest absolute Gasteiger partial charge is 0.350 e. The van der Waals surface area contributed by atoms with Crippen molar-refractivity contribution in [2.45, 2.75) is 25.7 Å². The van der Waals surface area contributed by atoms with Crippen LogP contribution < -0.4 is 0 Å². The van der Waals surface area contributed by atoms with Crippen LogP contribution in [0.3, 0.4) is 0 Å². The van der Waals surface area contributed by atoms with Gasteiger partial charge in [0.05, 0.1) is 6.61 Å². The van der Waals surface area contributed by atoms with Gasteiger partial charge in [-0.3, -0.25) is 4.90 Å². The fraction of sp³-hybridized carbons (Fsp3) is 0.800. The lowest BCUT2D eigenvalue weighted by molar-refractivity contribution is -0.209. The Balaban J connectivity index is 2.41. The Kier molecular flexibility index (Phi) is 3.32. The van der Waals surface area contributed by atoms with Gasteiger partial charge in [0.25, 0.3) is 0 Å². The zero-order chi connectivity index (χ0) is 9.90. The van der Waals surface area contributed by atoms with Crippen molar-refractivity contribution in [2.75, 3.05) is 26.7 Å². The lowest BCUT2D eigenvalue weighted by atomic mass is 10.1. The van der Waals surface area contributed by atoms with E-state index in [1.807, 2.05) is 20.9 Å². The van der Waals surface area contributed by atoms with E-state index in [0.29, 0.717) is 6.61 Å². The molecule has 0 amide bonds. The number of nitrogens with zero attached hydrogens (tertiary/aromatic N) is 1. The minimum absolute atomic E-state index is 0.190. The second-order valence-electron chi connectivity index (χ2n) is 3.84. The number of hydrogen-bond donors (Lipinski definition) is 0. The molecule has 0 N–H and O–H groups in total. The van der Waals surface area contributed by atoms with Gasteiger partial charge in [0, 0.05) is 13.1 Å². The summed E-state index contributed by atoms with van der Waals surface area (Å²) in [5.41, 5.74) is -0.539. The van der Waals surface area contributed by atoms with E-state index in [1.165, 1.54) is 0 Å². The van der Waals surface area contributed by atoms with Crippen LogP contribution in [-0.2, 0) is 9.47 Å². The predicted molar refractivity (Wildman–Crippen MR) is 51.2 cm³/mol. The monoisotopic (exact) mass is 183 g/mol. The molecule has 3 heteroatoms. The van der Waals surface area contributed by atoms with E-state index < -0.39 is 5.60 Å². The first-order valence-electron chi connectivity index (χ1n) is 4.49. The van der Waals surface area contributed by atoms with Crippen LogP contribution in [0.15, 0.2) is 0 Å². The van der Waals surface area contributed by atoms with E-state index in [4.69, 9.17) is 15.9 Å². The first-order valence-corrected chi connectivity index (χ1v) is 4.49. The minimum atomic E-state index is -0.539. The summed E-state index contributed by atoms with van der Waals surface area (Å²) in [5.74, 6) is 2.58. The molecule has 0 aliphatic carbocycles. The number of morpholine rings is 1. The van der Waals surface area contributed by atoms with Gasteiger partial charge in [-0.25, -0.2) is 0 Å². The highest BCUT2D eigenvalue weighted by Gasteiger charge is 2.25. The molecule has 0 aromatic rings. The highest BCUT2D eigenvalue weighted by atomic mass is 16.7. The SMILES string of the molecule is C#CC(C)(C)OC1CN(C)CCO1. The second-order valence-corrected chi connectivity index (χ2v) is 3.84. The summed E-state index contributed by atoms with van der Waals surface area (Å²) in [5, 5.41) is 0. The molecule has 1 saturated heterocycles. The van der Waals surface area contributed by atoms with Crippen molar-refractivity contribution in [1.82, 2.24) is 4.90 Å². The molecule has 0 saturated carbocycles. The van der Waals surface area contributed by atoms with Gasteiger partial charge in [-0.1, -0.05) is 5.92 Å². The third-order valence-corrected chi connectivity index (χ3v) is 2.01. The van der Waals surface area contributed by atoms with Crippen molar-refractivity contribution < 1.29 is 9.47 Å². The van der Waals surface area contributed by atoms with Crippen LogP contribution in [0.2, 0.25) is 0 Å². The van der Waals surface area contributed by atoms with Gasteiger partial charge in [-0.05, 0) is 20.9 Å². The van der Waals surface area contributed by atoms with Crippen LogP contribution in [0, 0.1) is 12.3 Å². The van der Waals surface area contributed by atoms with E-state index in [2.05, 4.69) is 10.8 Å². The third-order valence-electron chi connectivity index (χ3n) is 2.01. The molecule has 1 rings (SSSR count). The number of ether oxygens (including phenoxy) is 2. The molecular formula is C10H17NO2. The smallest absolute Gasteiger partial charge is 0.172 e. The Bertz CT molecular complexity index is 207. The highest BCUT2D eigenvalue weighted by molar-refractivity contribution is 5.03. The Labute approximate surface area is 80.0 Å². The molecule has 0 spiro atoms. The topological polar surface area (TPSA) is 21.7 Å². The zero-order valence-corrected chi connectivity index (χ0v) is 8.54. The first kappa shape index (κ1) is 10.5. The van der Waals surface area contributed by atoms with Crippen molar-refractivity contribution in [3.8, 4) is 12.3 Å². The molecule has 1 atom stereocenters. The number of likely N-dealkylation sites (N-methyl/N-ethyl adjacent to an activating group) is 1. The number of rotatable bonds is 2. The zero-order valence-electron chi connectivity index (χ0n) is 8.54. The van der Waals surface area contributed by atoms with Gasteiger partial charge < -0.3 is 9.47 Å². The standard InChI is InChI=1S/C10H17NO2/c1-5-10(2,3)13-9-8-11(4)6-7-12-9/h1,9H,6-8H2,2-4H3. The molecule has 13 heavy (non-hydrogen) atoms. The molecule has 0 bridgehead atoms. The van der Waals surface area contributed by atoms with E-state index in [-0.39, 0.29) is 6.29 Å². The number of terminal acetylenes is 1. The summed E-state index contributed by atoms with van der Waals surface area (Å²) >= 11 is 0.